The Morgan fingerprint density at radius 2 is 2.11 bits per heavy atom. The van der Waals surface area contributed by atoms with Gasteiger partial charge in [0.15, 0.2) is 6.61 Å². The van der Waals surface area contributed by atoms with Crippen molar-refractivity contribution in [1.82, 2.24) is 5.32 Å². The van der Waals surface area contributed by atoms with Crippen molar-refractivity contribution < 1.29 is 9.53 Å². The van der Waals surface area contributed by atoms with Gasteiger partial charge in [-0.05, 0) is 49.9 Å². The minimum Gasteiger partial charge on any atom is -0.484 e. The van der Waals surface area contributed by atoms with Crippen LogP contribution in [0.1, 0.15) is 26.2 Å². The molecular weight excluding hydrogens is 228 g/mol. The highest BCUT2D eigenvalue weighted by Crippen LogP contribution is 2.29. The lowest BCUT2D eigenvalue weighted by atomic mass is 9.80. The maximum Gasteiger partial charge on any atom is 0.258 e. The molecule has 1 aliphatic rings. The van der Waals surface area contributed by atoms with E-state index in [0.29, 0.717) is 17.4 Å². The standard InChI is InChI=1S/C14H20N2O2/c1-10(11-3-2-4-11)16-14(17)9-18-13-7-5-12(15)6-8-13/h5-8,10-11H,2-4,9,15H2,1H3,(H,16,17). The summed E-state index contributed by atoms with van der Waals surface area (Å²) in [5.74, 6) is 1.24. The maximum absolute atomic E-state index is 11.7. The molecule has 3 N–H and O–H groups in total. The molecule has 1 unspecified atom stereocenters. The predicted octanol–water partition coefficient (Wildman–Crippen LogP) is 1.95. The average Bonchev–Trinajstić information content (AvgIpc) is 2.25. The van der Waals surface area contributed by atoms with Gasteiger partial charge in [-0.25, -0.2) is 0 Å². The van der Waals surface area contributed by atoms with Crippen molar-refractivity contribution >= 4 is 11.6 Å². The SMILES string of the molecule is CC(NC(=O)COc1ccc(N)cc1)C1CCC1. The summed E-state index contributed by atoms with van der Waals surface area (Å²) in [7, 11) is 0. The van der Waals surface area contributed by atoms with E-state index in [9.17, 15) is 4.79 Å². The maximum atomic E-state index is 11.7. The van der Waals surface area contributed by atoms with E-state index in [1.807, 2.05) is 0 Å². The predicted molar refractivity (Wildman–Crippen MR) is 71.3 cm³/mol. The van der Waals surface area contributed by atoms with Gasteiger partial charge < -0.3 is 15.8 Å². The minimum atomic E-state index is -0.0637. The molecule has 2 rings (SSSR count). The Hall–Kier alpha value is -1.71. The molecule has 1 fully saturated rings. The molecule has 1 aliphatic carbocycles. The number of amides is 1. The van der Waals surface area contributed by atoms with Gasteiger partial charge >= 0.3 is 0 Å². The summed E-state index contributed by atoms with van der Waals surface area (Å²) in [6.45, 7) is 2.12. The largest absolute Gasteiger partial charge is 0.484 e. The molecule has 1 aromatic rings. The van der Waals surface area contributed by atoms with E-state index in [2.05, 4.69) is 12.2 Å². The fourth-order valence-corrected chi connectivity index (χ4v) is 2.07. The lowest BCUT2D eigenvalue weighted by Crippen LogP contribution is -2.42. The molecule has 0 bridgehead atoms. The van der Waals surface area contributed by atoms with Crippen LogP contribution in [0.4, 0.5) is 5.69 Å². The van der Waals surface area contributed by atoms with Crippen LogP contribution in [0.2, 0.25) is 0 Å². The lowest BCUT2D eigenvalue weighted by Gasteiger charge is -2.31. The van der Waals surface area contributed by atoms with Gasteiger partial charge in [0.25, 0.3) is 5.91 Å². The van der Waals surface area contributed by atoms with E-state index >= 15 is 0 Å². The van der Waals surface area contributed by atoms with Crippen molar-refractivity contribution in [2.24, 2.45) is 5.92 Å². The molecule has 1 amide bonds. The first-order valence-electron chi connectivity index (χ1n) is 6.43. The van der Waals surface area contributed by atoms with Gasteiger partial charge in [0.2, 0.25) is 0 Å². The van der Waals surface area contributed by atoms with Gasteiger partial charge in [-0.3, -0.25) is 4.79 Å². The van der Waals surface area contributed by atoms with Crippen molar-refractivity contribution in [3.8, 4) is 5.75 Å². The summed E-state index contributed by atoms with van der Waals surface area (Å²) in [5, 5.41) is 2.97. The highest BCUT2D eigenvalue weighted by atomic mass is 16.5. The summed E-state index contributed by atoms with van der Waals surface area (Å²) >= 11 is 0. The van der Waals surface area contributed by atoms with Gasteiger partial charge in [0.05, 0.1) is 0 Å². The third kappa shape index (κ3) is 3.39. The quantitative estimate of drug-likeness (QED) is 0.783. The zero-order chi connectivity index (χ0) is 13.0. The molecule has 4 heteroatoms. The van der Waals surface area contributed by atoms with Gasteiger partial charge in [-0.2, -0.15) is 0 Å². The average molecular weight is 248 g/mol. The zero-order valence-corrected chi connectivity index (χ0v) is 10.7. The van der Waals surface area contributed by atoms with Gasteiger partial charge in [0.1, 0.15) is 5.75 Å². The van der Waals surface area contributed by atoms with Crippen LogP contribution in [-0.4, -0.2) is 18.6 Å². The minimum absolute atomic E-state index is 0.0565. The molecule has 0 aliphatic heterocycles. The van der Waals surface area contributed by atoms with Gasteiger partial charge in [0, 0.05) is 11.7 Å². The van der Waals surface area contributed by atoms with Crippen LogP contribution < -0.4 is 15.8 Å². The fraction of sp³-hybridized carbons (Fsp3) is 0.500. The molecule has 98 valence electrons. The van der Waals surface area contributed by atoms with E-state index in [4.69, 9.17) is 10.5 Å². The number of benzene rings is 1. The first-order valence-corrected chi connectivity index (χ1v) is 6.43. The molecule has 1 saturated carbocycles. The lowest BCUT2D eigenvalue weighted by molar-refractivity contribution is -0.124. The van der Waals surface area contributed by atoms with Crippen molar-refractivity contribution in [2.45, 2.75) is 32.2 Å². The Kier molecular flexibility index (Phi) is 4.07. The van der Waals surface area contributed by atoms with Crippen LogP contribution in [0.3, 0.4) is 0 Å². The summed E-state index contributed by atoms with van der Waals surface area (Å²) in [5.41, 5.74) is 6.25. The monoisotopic (exact) mass is 248 g/mol. The van der Waals surface area contributed by atoms with E-state index < -0.39 is 0 Å². The number of nitrogens with two attached hydrogens (primary N) is 1. The second-order valence-electron chi connectivity index (χ2n) is 4.90. The topological polar surface area (TPSA) is 64.3 Å². The Morgan fingerprint density at radius 3 is 2.67 bits per heavy atom. The molecule has 18 heavy (non-hydrogen) atoms. The molecule has 0 heterocycles. The van der Waals surface area contributed by atoms with Crippen molar-refractivity contribution in [1.29, 1.82) is 0 Å². The molecule has 4 nitrogen and oxygen atoms in total. The third-order valence-electron chi connectivity index (χ3n) is 3.50. The number of carbonyl (C=O) groups is 1. The molecule has 0 aromatic heterocycles. The molecule has 0 spiro atoms. The number of nitrogens with one attached hydrogen (secondary N) is 1. The van der Waals surface area contributed by atoms with E-state index in [0.717, 1.165) is 0 Å². The van der Waals surface area contributed by atoms with Crippen LogP contribution in [0.5, 0.6) is 5.75 Å². The van der Waals surface area contributed by atoms with Gasteiger partial charge in [-0.15, -0.1) is 0 Å². The van der Waals surface area contributed by atoms with Crippen LogP contribution in [0.25, 0.3) is 0 Å². The Labute approximate surface area is 108 Å². The van der Waals surface area contributed by atoms with Crippen LogP contribution >= 0.6 is 0 Å². The first-order chi connectivity index (χ1) is 8.65. The third-order valence-corrected chi connectivity index (χ3v) is 3.50. The first kappa shape index (κ1) is 12.7. The summed E-state index contributed by atoms with van der Waals surface area (Å²) in [4.78, 5) is 11.7. The summed E-state index contributed by atoms with van der Waals surface area (Å²) < 4.78 is 5.39. The second-order valence-corrected chi connectivity index (χ2v) is 4.90. The number of anilines is 1. The smallest absolute Gasteiger partial charge is 0.258 e. The van der Waals surface area contributed by atoms with E-state index in [1.165, 1.54) is 19.3 Å². The van der Waals surface area contributed by atoms with Crippen molar-refractivity contribution in [3.05, 3.63) is 24.3 Å². The Balaban J connectivity index is 1.72. The van der Waals surface area contributed by atoms with Crippen LogP contribution in [0.15, 0.2) is 24.3 Å². The van der Waals surface area contributed by atoms with Crippen molar-refractivity contribution in [3.63, 3.8) is 0 Å². The molecule has 1 atom stereocenters. The number of rotatable bonds is 5. The Morgan fingerprint density at radius 1 is 1.44 bits per heavy atom. The van der Waals surface area contributed by atoms with Crippen LogP contribution in [0, 0.1) is 5.92 Å². The second kappa shape index (κ2) is 5.76. The number of nitrogen functional groups attached to an aromatic ring is 1. The number of hydrogen-bond acceptors (Lipinski definition) is 3. The normalized spacial score (nSPS) is 16.7. The van der Waals surface area contributed by atoms with Gasteiger partial charge in [-0.1, -0.05) is 6.42 Å². The molecule has 1 aromatic carbocycles. The summed E-state index contributed by atoms with van der Waals surface area (Å²) in [6.07, 6.45) is 3.73. The van der Waals surface area contributed by atoms with Crippen molar-refractivity contribution in [2.75, 3.05) is 12.3 Å². The van der Waals surface area contributed by atoms with E-state index in [-0.39, 0.29) is 18.6 Å². The molecule has 0 saturated heterocycles. The summed E-state index contributed by atoms with van der Waals surface area (Å²) in [6, 6.07) is 7.28. The Bertz CT molecular complexity index is 399. The van der Waals surface area contributed by atoms with Crippen LogP contribution in [-0.2, 0) is 4.79 Å². The molecule has 0 radical (unpaired) electrons. The fourth-order valence-electron chi connectivity index (χ4n) is 2.07. The highest BCUT2D eigenvalue weighted by molar-refractivity contribution is 5.77. The number of carbonyl (C=O) groups excluding carboxylic acids is 1. The zero-order valence-electron chi connectivity index (χ0n) is 10.7. The number of hydrogen-bond donors (Lipinski definition) is 2. The van der Waals surface area contributed by atoms with E-state index in [1.54, 1.807) is 24.3 Å². The number of ether oxygens (including phenoxy) is 1. The highest BCUT2D eigenvalue weighted by Gasteiger charge is 2.24. The molecular formula is C14H20N2O2.